The maximum absolute atomic E-state index is 13.9. The summed E-state index contributed by atoms with van der Waals surface area (Å²) in [5.74, 6) is 1.09. The first-order chi connectivity index (χ1) is 11.8. The third-order valence-corrected chi connectivity index (χ3v) is 4.85. The van der Waals surface area contributed by atoms with E-state index < -0.39 is 0 Å². The van der Waals surface area contributed by atoms with E-state index in [0.29, 0.717) is 23.9 Å². The number of hydrogen-bond donors (Lipinski definition) is 0. The Hall–Kier alpha value is -2.25. The zero-order valence-corrected chi connectivity index (χ0v) is 13.9. The predicted octanol–water partition coefficient (Wildman–Crippen LogP) is 3.26. The maximum Gasteiger partial charge on any atom is 0.241 e. The molecule has 0 N–H and O–H groups in total. The van der Waals surface area contributed by atoms with E-state index in [1.54, 1.807) is 17.4 Å². The molecule has 2 aromatic heterocycles. The lowest BCUT2D eigenvalue weighted by atomic mass is 10.2. The van der Waals surface area contributed by atoms with Gasteiger partial charge in [-0.05, 0) is 23.6 Å². The average Bonchev–Trinajstić information content (AvgIpc) is 3.27. The van der Waals surface area contributed by atoms with Crippen LogP contribution in [-0.2, 0) is 6.54 Å². The number of para-hydroxylation sites is 1. The van der Waals surface area contributed by atoms with Crippen LogP contribution in [0, 0.1) is 5.82 Å². The van der Waals surface area contributed by atoms with Crippen molar-refractivity contribution in [2.24, 2.45) is 0 Å². The summed E-state index contributed by atoms with van der Waals surface area (Å²) in [5, 5.41) is 8.03. The Balaban J connectivity index is 1.36. The van der Waals surface area contributed by atoms with Gasteiger partial charge in [0.25, 0.3) is 0 Å². The number of aromatic nitrogens is 2. The third kappa shape index (κ3) is 3.18. The lowest BCUT2D eigenvalue weighted by Crippen LogP contribution is -2.46. The van der Waals surface area contributed by atoms with Gasteiger partial charge in [-0.25, -0.2) is 4.39 Å². The summed E-state index contributed by atoms with van der Waals surface area (Å²) in [6, 6.07) is 8.90. The van der Waals surface area contributed by atoms with E-state index in [1.807, 2.05) is 29.0 Å². The molecule has 0 unspecified atom stereocenters. The molecule has 3 heterocycles. The molecule has 0 aliphatic carbocycles. The molecule has 1 aliphatic heterocycles. The van der Waals surface area contributed by atoms with Crippen molar-refractivity contribution in [2.45, 2.75) is 6.54 Å². The molecule has 7 heteroatoms. The number of nitrogens with zero attached hydrogens (tertiary/aromatic N) is 4. The van der Waals surface area contributed by atoms with Crippen molar-refractivity contribution in [3.63, 3.8) is 0 Å². The summed E-state index contributed by atoms with van der Waals surface area (Å²) in [4.78, 5) is 8.78. The summed E-state index contributed by atoms with van der Waals surface area (Å²) in [7, 11) is 0. The van der Waals surface area contributed by atoms with Gasteiger partial charge in [0.15, 0.2) is 0 Å². The van der Waals surface area contributed by atoms with Crippen LogP contribution in [-0.4, -0.2) is 41.2 Å². The van der Waals surface area contributed by atoms with Crippen LogP contribution in [0.1, 0.15) is 5.89 Å². The van der Waals surface area contributed by atoms with E-state index in [4.69, 9.17) is 4.52 Å². The first-order valence-corrected chi connectivity index (χ1v) is 8.81. The number of halogens is 1. The molecular formula is C17H17FN4OS. The van der Waals surface area contributed by atoms with Gasteiger partial charge < -0.3 is 9.42 Å². The van der Waals surface area contributed by atoms with Gasteiger partial charge in [-0.15, -0.1) is 0 Å². The number of thiophene rings is 1. The first kappa shape index (κ1) is 15.3. The topological polar surface area (TPSA) is 45.4 Å². The smallest absolute Gasteiger partial charge is 0.241 e. The van der Waals surface area contributed by atoms with E-state index in [0.717, 1.165) is 31.7 Å². The minimum Gasteiger partial charge on any atom is -0.367 e. The van der Waals surface area contributed by atoms with Crippen molar-refractivity contribution in [1.82, 2.24) is 15.0 Å². The van der Waals surface area contributed by atoms with Gasteiger partial charge in [0, 0.05) is 37.1 Å². The Labute approximate surface area is 143 Å². The Bertz CT molecular complexity index is 797. The molecule has 5 nitrogen and oxygen atoms in total. The Morgan fingerprint density at radius 2 is 1.96 bits per heavy atom. The van der Waals surface area contributed by atoms with Crippen LogP contribution in [0.5, 0.6) is 0 Å². The largest absolute Gasteiger partial charge is 0.367 e. The molecule has 0 radical (unpaired) electrons. The summed E-state index contributed by atoms with van der Waals surface area (Å²) in [6.45, 7) is 3.87. The van der Waals surface area contributed by atoms with Gasteiger partial charge in [0.2, 0.25) is 11.7 Å². The summed E-state index contributed by atoms with van der Waals surface area (Å²) < 4.78 is 19.2. The van der Waals surface area contributed by atoms with Crippen LogP contribution in [0.4, 0.5) is 10.1 Å². The standard InChI is InChI=1S/C17H17FN4OS/c18-14-3-1-2-4-15(14)22-8-6-21(7-9-22)11-16-19-17(20-23-16)13-5-10-24-12-13/h1-5,10,12H,6-9,11H2. The highest BCUT2D eigenvalue weighted by molar-refractivity contribution is 7.08. The van der Waals surface area contributed by atoms with Crippen molar-refractivity contribution in [3.05, 3.63) is 52.8 Å². The Morgan fingerprint density at radius 1 is 1.12 bits per heavy atom. The van der Waals surface area contributed by atoms with E-state index >= 15 is 0 Å². The van der Waals surface area contributed by atoms with Crippen LogP contribution in [0.15, 0.2) is 45.6 Å². The van der Waals surface area contributed by atoms with Gasteiger partial charge in [-0.3, -0.25) is 4.90 Å². The fraction of sp³-hybridized carbons (Fsp3) is 0.294. The van der Waals surface area contributed by atoms with Crippen LogP contribution in [0.3, 0.4) is 0 Å². The molecule has 0 spiro atoms. The predicted molar refractivity (Wildman–Crippen MR) is 91.5 cm³/mol. The Kier molecular flexibility index (Phi) is 4.27. The molecular weight excluding hydrogens is 327 g/mol. The second-order valence-electron chi connectivity index (χ2n) is 5.74. The molecule has 1 fully saturated rings. The molecule has 1 aliphatic rings. The van der Waals surface area contributed by atoms with Crippen molar-refractivity contribution in [1.29, 1.82) is 0 Å². The molecule has 124 valence electrons. The zero-order chi connectivity index (χ0) is 16.4. The number of hydrogen-bond acceptors (Lipinski definition) is 6. The Morgan fingerprint density at radius 3 is 2.71 bits per heavy atom. The monoisotopic (exact) mass is 344 g/mol. The van der Waals surface area contributed by atoms with Crippen LogP contribution in [0.2, 0.25) is 0 Å². The summed E-state index contributed by atoms with van der Waals surface area (Å²) in [6.07, 6.45) is 0. The normalized spacial score (nSPS) is 15.8. The van der Waals surface area contributed by atoms with Gasteiger partial charge in [0.05, 0.1) is 12.2 Å². The SMILES string of the molecule is Fc1ccccc1N1CCN(Cc2nc(-c3ccsc3)no2)CC1. The van der Waals surface area contributed by atoms with Gasteiger partial charge in [-0.1, -0.05) is 17.3 Å². The van der Waals surface area contributed by atoms with Gasteiger partial charge in [0.1, 0.15) is 5.82 Å². The lowest BCUT2D eigenvalue weighted by Gasteiger charge is -2.35. The molecule has 0 saturated carbocycles. The summed E-state index contributed by atoms with van der Waals surface area (Å²) in [5.41, 5.74) is 1.66. The van der Waals surface area contributed by atoms with E-state index in [2.05, 4.69) is 19.9 Å². The van der Waals surface area contributed by atoms with Crippen molar-refractivity contribution in [2.75, 3.05) is 31.1 Å². The molecule has 3 aromatic rings. The van der Waals surface area contributed by atoms with E-state index in [-0.39, 0.29) is 5.82 Å². The number of benzene rings is 1. The second-order valence-corrected chi connectivity index (χ2v) is 6.52. The zero-order valence-electron chi connectivity index (χ0n) is 13.1. The molecule has 1 saturated heterocycles. The molecule has 0 amide bonds. The molecule has 24 heavy (non-hydrogen) atoms. The fourth-order valence-electron chi connectivity index (χ4n) is 2.87. The fourth-order valence-corrected chi connectivity index (χ4v) is 3.51. The average molecular weight is 344 g/mol. The van der Waals surface area contributed by atoms with Crippen molar-refractivity contribution >= 4 is 17.0 Å². The summed E-state index contributed by atoms with van der Waals surface area (Å²) >= 11 is 1.61. The first-order valence-electron chi connectivity index (χ1n) is 7.86. The highest BCUT2D eigenvalue weighted by atomic mass is 32.1. The molecule has 0 atom stereocenters. The van der Waals surface area contributed by atoms with Crippen molar-refractivity contribution in [3.8, 4) is 11.4 Å². The second kappa shape index (κ2) is 6.70. The molecule has 4 rings (SSSR count). The number of anilines is 1. The van der Waals surface area contributed by atoms with E-state index in [9.17, 15) is 4.39 Å². The molecule has 0 bridgehead atoms. The van der Waals surface area contributed by atoms with Crippen molar-refractivity contribution < 1.29 is 8.91 Å². The lowest BCUT2D eigenvalue weighted by molar-refractivity contribution is 0.215. The van der Waals surface area contributed by atoms with E-state index in [1.165, 1.54) is 6.07 Å². The quantitative estimate of drug-likeness (QED) is 0.727. The minimum atomic E-state index is -0.164. The number of piperazine rings is 1. The van der Waals surface area contributed by atoms with Gasteiger partial charge in [-0.2, -0.15) is 16.3 Å². The van der Waals surface area contributed by atoms with Crippen LogP contribution < -0.4 is 4.90 Å². The number of rotatable bonds is 4. The van der Waals surface area contributed by atoms with Crippen LogP contribution >= 0.6 is 11.3 Å². The molecule has 1 aromatic carbocycles. The third-order valence-electron chi connectivity index (χ3n) is 4.17. The minimum absolute atomic E-state index is 0.164. The highest BCUT2D eigenvalue weighted by Gasteiger charge is 2.21. The van der Waals surface area contributed by atoms with Gasteiger partial charge >= 0.3 is 0 Å². The van der Waals surface area contributed by atoms with Crippen LogP contribution in [0.25, 0.3) is 11.4 Å². The maximum atomic E-state index is 13.9. The highest BCUT2D eigenvalue weighted by Crippen LogP contribution is 2.22.